The number of H-pyrrole nitrogens is 1. The van der Waals surface area contributed by atoms with Crippen molar-refractivity contribution in [2.75, 3.05) is 20.1 Å². The number of benzene rings is 1. The van der Waals surface area contributed by atoms with Gasteiger partial charge in [-0.2, -0.15) is 0 Å². The standard InChI is InChI=1S/C19H21ClN4OS/c1-21-12-5-4-8-24(9-12)10-16-22-18(25)17-14(11-26-19(17)23-16)13-6-2-3-7-15(13)20/h2-3,6-7,11-12,21H,4-5,8-10H2,1H3,(H,22,23,25). The first-order valence-corrected chi connectivity index (χ1v) is 10.1. The van der Waals surface area contributed by atoms with Crippen molar-refractivity contribution in [1.29, 1.82) is 0 Å². The minimum absolute atomic E-state index is 0.0941. The number of fused-ring (bicyclic) bond motifs is 1. The van der Waals surface area contributed by atoms with Gasteiger partial charge in [-0.1, -0.05) is 29.8 Å². The minimum Gasteiger partial charge on any atom is -0.316 e. The molecule has 1 fully saturated rings. The molecule has 0 bridgehead atoms. The summed E-state index contributed by atoms with van der Waals surface area (Å²) in [4.78, 5) is 23.6. The Morgan fingerprint density at radius 2 is 2.23 bits per heavy atom. The Morgan fingerprint density at radius 1 is 1.38 bits per heavy atom. The lowest BCUT2D eigenvalue weighted by molar-refractivity contribution is 0.184. The lowest BCUT2D eigenvalue weighted by atomic mass is 10.1. The normalized spacial score (nSPS) is 18.5. The van der Waals surface area contributed by atoms with E-state index < -0.39 is 0 Å². The first kappa shape index (κ1) is 17.7. The molecule has 0 spiro atoms. The quantitative estimate of drug-likeness (QED) is 0.718. The van der Waals surface area contributed by atoms with Gasteiger partial charge in [-0.05, 0) is 32.5 Å². The number of nitrogens with one attached hydrogen (secondary N) is 2. The van der Waals surface area contributed by atoms with Crippen LogP contribution in [0.2, 0.25) is 5.02 Å². The van der Waals surface area contributed by atoms with Crippen LogP contribution in [0.3, 0.4) is 0 Å². The van der Waals surface area contributed by atoms with Crippen LogP contribution in [0.15, 0.2) is 34.4 Å². The SMILES string of the molecule is CNC1CCCN(Cc2nc3scc(-c4ccccc4Cl)c3c(=O)[nH]2)C1. The molecular weight excluding hydrogens is 368 g/mol. The maximum Gasteiger partial charge on any atom is 0.260 e. The fourth-order valence-corrected chi connectivity index (χ4v) is 4.79. The zero-order valence-corrected chi connectivity index (χ0v) is 16.2. The average molecular weight is 389 g/mol. The highest BCUT2D eigenvalue weighted by molar-refractivity contribution is 7.17. The molecule has 1 aliphatic heterocycles. The molecule has 1 saturated heterocycles. The van der Waals surface area contributed by atoms with E-state index in [0.29, 0.717) is 23.0 Å². The number of aromatic nitrogens is 2. The number of likely N-dealkylation sites (tertiary alicyclic amines) is 1. The number of hydrogen-bond donors (Lipinski definition) is 2. The summed E-state index contributed by atoms with van der Waals surface area (Å²) < 4.78 is 0. The zero-order valence-electron chi connectivity index (χ0n) is 14.6. The van der Waals surface area contributed by atoms with Crippen molar-refractivity contribution < 1.29 is 0 Å². The van der Waals surface area contributed by atoms with E-state index in [9.17, 15) is 4.79 Å². The maximum atomic E-state index is 12.8. The Hall–Kier alpha value is -1.73. The fourth-order valence-electron chi connectivity index (χ4n) is 3.59. The van der Waals surface area contributed by atoms with Crippen LogP contribution in [0, 0.1) is 0 Å². The summed E-state index contributed by atoms with van der Waals surface area (Å²) in [5, 5.41) is 6.58. The van der Waals surface area contributed by atoms with Gasteiger partial charge < -0.3 is 10.3 Å². The van der Waals surface area contributed by atoms with Crippen LogP contribution in [0.5, 0.6) is 0 Å². The van der Waals surface area contributed by atoms with Crippen LogP contribution < -0.4 is 10.9 Å². The number of rotatable bonds is 4. The molecule has 1 aromatic carbocycles. The molecule has 4 rings (SSSR count). The van der Waals surface area contributed by atoms with Crippen molar-refractivity contribution in [3.63, 3.8) is 0 Å². The van der Waals surface area contributed by atoms with Crippen molar-refractivity contribution in [2.45, 2.75) is 25.4 Å². The second kappa shape index (κ2) is 7.48. The van der Waals surface area contributed by atoms with E-state index in [1.54, 1.807) is 0 Å². The van der Waals surface area contributed by atoms with Crippen molar-refractivity contribution in [2.24, 2.45) is 0 Å². The number of halogens is 1. The van der Waals surface area contributed by atoms with E-state index in [1.165, 1.54) is 17.8 Å². The lowest BCUT2D eigenvalue weighted by Gasteiger charge is -2.32. The average Bonchev–Trinajstić information content (AvgIpc) is 3.06. The third kappa shape index (κ3) is 3.42. The summed E-state index contributed by atoms with van der Waals surface area (Å²) in [6.07, 6.45) is 2.36. The maximum absolute atomic E-state index is 12.8. The molecule has 1 aliphatic rings. The molecule has 2 N–H and O–H groups in total. The molecule has 136 valence electrons. The Kier molecular flexibility index (Phi) is 5.09. The van der Waals surface area contributed by atoms with Gasteiger partial charge in [0, 0.05) is 34.1 Å². The molecule has 0 saturated carbocycles. The summed E-state index contributed by atoms with van der Waals surface area (Å²) in [7, 11) is 2.00. The van der Waals surface area contributed by atoms with Gasteiger partial charge in [0.25, 0.3) is 5.56 Å². The van der Waals surface area contributed by atoms with Crippen molar-refractivity contribution in [1.82, 2.24) is 20.2 Å². The van der Waals surface area contributed by atoms with Crippen LogP contribution in [0.1, 0.15) is 18.7 Å². The van der Waals surface area contributed by atoms with Crippen LogP contribution >= 0.6 is 22.9 Å². The second-order valence-electron chi connectivity index (χ2n) is 6.68. The molecule has 0 aliphatic carbocycles. The number of nitrogens with zero attached hydrogens (tertiary/aromatic N) is 2. The summed E-state index contributed by atoms with van der Waals surface area (Å²) >= 11 is 7.81. The molecule has 3 heterocycles. The van der Waals surface area contributed by atoms with Crippen LogP contribution in [0.25, 0.3) is 21.3 Å². The van der Waals surface area contributed by atoms with Gasteiger partial charge in [-0.25, -0.2) is 4.98 Å². The highest BCUT2D eigenvalue weighted by atomic mass is 35.5. The van der Waals surface area contributed by atoms with Crippen molar-refractivity contribution >= 4 is 33.2 Å². The Balaban J connectivity index is 1.66. The minimum atomic E-state index is -0.0941. The van der Waals surface area contributed by atoms with E-state index in [-0.39, 0.29) is 5.56 Å². The predicted octanol–water partition coefficient (Wildman–Crippen LogP) is 3.49. The van der Waals surface area contributed by atoms with Crippen molar-refractivity contribution in [3.05, 3.63) is 50.8 Å². The monoisotopic (exact) mass is 388 g/mol. The molecule has 1 atom stereocenters. The second-order valence-corrected chi connectivity index (χ2v) is 7.95. The van der Waals surface area contributed by atoms with Gasteiger partial charge in [0.1, 0.15) is 10.7 Å². The molecular formula is C19H21ClN4OS. The van der Waals surface area contributed by atoms with Gasteiger partial charge in [0.15, 0.2) is 0 Å². The van der Waals surface area contributed by atoms with Gasteiger partial charge in [0.05, 0.1) is 11.9 Å². The van der Waals surface area contributed by atoms with Gasteiger partial charge in [-0.3, -0.25) is 9.69 Å². The predicted molar refractivity (Wildman–Crippen MR) is 108 cm³/mol. The molecule has 7 heteroatoms. The van der Waals surface area contributed by atoms with E-state index in [2.05, 4.69) is 15.2 Å². The molecule has 3 aromatic rings. The van der Waals surface area contributed by atoms with Gasteiger partial charge >= 0.3 is 0 Å². The first-order valence-electron chi connectivity index (χ1n) is 8.80. The highest BCUT2D eigenvalue weighted by Gasteiger charge is 2.20. The largest absolute Gasteiger partial charge is 0.316 e. The Labute approximate surface area is 161 Å². The first-order chi connectivity index (χ1) is 12.7. The Bertz CT molecular complexity index is 983. The van der Waals surface area contributed by atoms with Crippen LogP contribution in [-0.4, -0.2) is 41.0 Å². The highest BCUT2D eigenvalue weighted by Crippen LogP contribution is 2.34. The van der Waals surface area contributed by atoms with Crippen LogP contribution in [-0.2, 0) is 6.54 Å². The van der Waals surface area contributed by atoms with Gasteiger partial charge in [0.2, 0.25) is 0 Å². The number of likely N-dealkylation sites (N-methyl/N-ethyl adjacent to an activating group) is 1. The zero-order chi connectivity index (χ0) is 18.1. The van der Waals surface area contributed by atoms with E-state index >= 15 is 0 Å². The van der Waals surface area contributed by atoms with Crippen molar-refractivity contribution in [3.8, 4) is 11.1 Å². The molecule has 0 radical (unpaired) electrons. The summed E-state index contributed by atoms with van der Waals surface area (Å²) in [5.74, 6) is 0.729. The van der Waals surface area contributed by atoms with Crippen LogP contribution in [0.4, 0.5) is 0 Å². The molecule has 26 heavy (non-hydrogen) atoms. The summed E-state index contributed by atoms with van der Waals surface area (Å²) in [6, 6.07) is 8.09. The molecule has 0 amide bonds. The third-order valence-corrected chi connectivity index (χ3v) is 6.15. The molecule has 2 aromatic heterocycles. The number of piperidine rings is 1. The fraction of sp³-hybridized carbons (Fsp3) is 0.368. The summed E-state index contributed by atoms with van der Waals surface area (Å²) in [6.45, 7) is 2.69. The van der Waals surface area contributed by atoms with Gasteiger partial charge in [-0.15, -0.1) is 11.3 Å². The molecule has 1 unspecified atom stereocenters. The van der Waals surface area contributed by atoms with E-state index in [0.717, 1.165) is 41.3 Å². The third-order valence-electron chi connectivity index (χ3n) is 4.94. The topological polar surface area (TPSA) is 61.0 Å². The smallest absolute Gasteiger partial charge is 0.260 e. The van der Waals surface area contributed by atoms with E-state index in [1.807, 2.05) is 36.7 Å². The van der Waals surface area contributed by atoms with E-state index in [4.69, 9.17) is 16.6 Å². The lowest BCUT2D eigenvalue weighted by Crippen LogP contribution is -2.44. The number of aromatic amines is 1. The number of hydrogen-bond acceptors (Lipinski definition) is 5. The number of thiophene rings is 1. The molecule has 5 nitrogen and oxygen atoms in total. The Morgan fingerprint density at radius 3 is 3.04 bits per heavy atom. The summed E-state index contributed by atoms with van der Waals surface area (Å²) in [5.41, 5.74) is 1.63.